The normalized spacial score (nSPS) is 11.6. The molecule has 0 fully saturated rings. The Hall–Kier alpha value is -1.69. The largest absolute Gasteiger partial charge is 0.573 e. The summed E-state index contributed by atoms with van der Waals surface area (Å²) in [5, 5.41) is 0.0249. The minimum absolute atomic E-state index is 0.0249. The smallest absolute Gasteiger partial charge is 0.466 e. The lowest BCUT2D eigenvalue weighted by Crippen LogP contribution is -2.17. The van der Waals surface area contributed by atoms with Crippen molar-refractivity contribution in [1.29, 1.82) is 0 Å². The maximum atomic E-state index is 11.9. The van der Waals surface area contributed by atoms with Gasteiger partial charge in [0.1, 0.15) is 5.75 Å². The van der Waals surface area contributed by atoms with Crippen molar-refractivity contribution in [2.24, 2.45) is 0 Å². The van der Waals surface area contributed by atoms with E-state index < -0.39 is 18.1 Å². The van der Waals surface area contributed by atoms with E-state index in [1.54, 1.807) is 0 Å². The van der Waals surface area contributed by atoms with Gasteiger partial charge in [-0.3, -0.25) is 0 Å². The Kier molecular flexibility index (Phi) is 4.61. The fraction of sp³-hybridized carbons (Fsp3) is 0.182. The summed E-state index contributed by atoms with van der Waals surface area (Å²) >= 11 is 5.73. The molecule has 0 bridgehead atoms. The highest BCUT2D eigenvalue weighted by Crippen LogP contribution is 2.28. The van der Waals surface area contributed by atoms with Crippen molar-refractivity contribution in [3.05, 3.63) is 34.9 Å². The van der Waals surface area contributed by atoms with Gasteiger partial charge in [0.25, 0.3) is 0 Å². The summed E-state index contributed by atoms with van der Waals surface area (Å²) in [6.45, 7) is 0. The second-order valence-corrected chi connectivity index (χ2v) is 3.49. The zero-order valence-corrected chi connectivity index (χ0v) is 9.88. The number of hydrogen-bond donors (Lipinski definition) is 0. The van der Waals surface area contributed by atoms with Crippen LogP contribution in [0.2, 0.25) is 5.02 Å². The van der Waals surface area contributed by atoms with Crippen molar-refractivity contribution in [1.82, 2.24) is 0 Å². The molecule has 1 aromatic carbocycles. The average Bonchev–Trinajstić information content (AvgIpc) is 2.25. The van der Waals surface area contributed by atoms with Crippen LogP contribution < -0.4 is 4.74 Å². The Morgan fingerprint density at radius 3 is 2.56 bits per heavy atom. The second-order valence-electron chi connectivity index (χ2n) is 3.09. The first-order chi connectivity index (χ1) is 8.31. The standard InChI is InChI=1S/C11H8ClF3O3/c1-17-10(16)5-3-7-2-4-8(6-9(7)12)18-11(13,14)15/h2-6H,1H3. The quantitative estimate of drug-likeness (QED) is 0.628. The fourth-order valence-electron chi connectivity index (χ4n) is 1.07. The third kappa shape index (κ3) is 4.67. The molecule has 0 saturated heterocycles. The molecule has 0 heterocycles. The molecule has 1 aromatic rings. The number of hydrogen-bond acceptors (Lipinski definition) is 3. The van der Waals surface area contributed by atoms with Gasteiger partial charge < -0.3 is 9.47 Å². The third-order valence-corrected chi connectivity index (χ3v) is 2.13. The molecule has 1 rings (SSSR count). The monoisotopic (exact) mass is 280 g/mol. The van der Waals surface area contributed by atoms with E-state index in [1.165, 1.54) is 19.3 Å². The van der Waals surface area contributed by atoms with Crippen molar-refractivity contribution in [2.45, 2.75) is 6.36 Å². The molecule has 0 aromatic heterocycles. The van der Waals surface area contributed by atoms with E-state index in [1.807, 2.05) is 0 Å². The van der Waals surface area contributed by atoms with Gasteiger partial charge in [-0.25, -0.2) is 4.79 Å². The number of methoxy groups -OCH3 is 1. The lowest BCUT2D eigenvalue weighted by atomic mass is 10.2. The van der Waals surface area contributed by atoms with Crippen LogP contribution in [0.4, 0.5) is 13.2 Å². The zero-order chi connectivity index (χ0) is 13.8. The van der Waals surface area contributed by atoms with Gasteiger partial charge in [-0.2, -0.15) is 0 Å². The molecule has 0 aliphatic heterocycles. The van der Waals surface area contributed by atoms with E-state index in [0.717, 1.165) is 18.2 Å². The minimum Gasteiger partial charge on any atom is -0.466 e. The predicted molar refractivity (Wildman–Crippen MR) is 59.2 cm³/mol. The Bertz CT molecular complexity index is 469. The summed E-state index contributed by atoms with van der Waals surface area (Å²) in [5.74, 6) is -1.02. The van der Waals surface area contributed by atoms with Crippen LogP contribution in [0.3, 0.4) is 0 Å². The predicted octanol–water partition coefficient (Wildman–Crippen LogP) is 3.42. The molecule has 18 heavy (non-hydrogen) atoms. The summed E-state index contributed by atoms with van der Waals surface area (Å²) < 4.78 is 43.8. The van der Waals surface area contributed by atoms with Crippen molar-refractivity contribution in [2.75, 3.05) is 7.11 Å². The molecular weight excluding hydrogens is 273 g/mol. The second kappa shape index (κ2) is 5.77. The highest BCUT2D eigenvalue weighted by molar-refractivity contribution is 6.32. The van der Waals surface area contributed by atoms with E-state index >= 15 is 0 Å². The van der Waals surface area contributed by atoms with Gasteiger partial charge in [0.05, 0.1) is 12.1 Å². The zero-order valence-electron chi connectivity index (χ0n) is 9.12. The van der Waals surface area contributed by atoms with Gasteiger partial charge >= 0.3 is 12.3 Å². The van der Waals surface area contributed by atoms with E-state index in [4.69, 9.17) is 11.6 Å². The molecular formula is C11H8ClF3O3. The first-order valence-electron chi connectivity index (χ1n) is 4.63. The highest BCUT2D eigenvalue weighted by atomic mass is 35.5. The first kappa shape index (κ1) is 14.4. The van der Waals surface area contributed by atoms with Crippen molar-refractivity contribution >= 4 is 23.6 Å². The van der Waals surface area contributed by atoms with Gasteiger partial charge in [0.15, 0.2) is 0 Å². The van der Waals surface area contributed by atoms with Crippen LogP contribution in [0, 0.1) is 0 Å². The van der Waals surface area contributed by atoms with Gasteiger partial charge in [-0.05, 0) is 29.8 Å². The van der Waals surface area contributed by atoms with Crippen LogP contribution in [0.25, 0.3) is 6.08 Å². The van der Waals surface area contributed by atoms with Crippen molar-refractivity contribution in [3.8, 4) is 5.75 Å². The molecule has 98 valence electrons. The molecule has 0 radical (unpaired) electrons. The maximum absolute atomic E-state index is 11.9. The molecule has 7 heteroatoms. The summed E-state index contributed by atoms with van der Waals surface area (Å²) in [6, 6.07) is 3.39. The van der Waals surface area contributed by atoms with Gasteiger partial charge in [0.2, 0.25) is 0 Å². The minimum atomic E-state index is -4.77. The molecule has 0 aliphatic carbocycles. The van der Waals surface area contributed by atoms with Crippen molar-refractivity contribution in [3.63, 3.8) is 0 Å². The summed E-state index contributed by atoms with van der Waals surface area (Å²) in [6.07, 6.45) is -2.34. The van der Waals surface area contributed by atoms with E-state index in [0.29, 0.717) is 5.56 Å². The van der Waals surface area contributed by atoms with Crippen LogP contribution in [0.5, 0.6) is 5.75 Å². The van der Waals surface area contributed by atoms with Crippen LogP contribution >= 0.6 is 11.6 Å². The number of benzene rings is 1. The third-order valence-electron chi connectivity index (χ3n) is 1.81. The average molecular weight is 281 g/mol. The number of ether oxygens (including phenoxy) is 2. The summed E-state index contributed by atoms with van der Waals surface area (Å²) in [4.78, 5) is 10.8. The molecule has 0 amide bonds. The molecule has 0 saturated carbocycles. The molecule has 0 unspecified atom stereocenters. The molecule has 0 aliphatic rings. The fourth-order valence-corrected chi connectivity index (χ4v) is 1.30. The first-order valence-corrected chi connectivity index (χ1v) is 5.01. The number of carbonyl (C=O) groups is 1. The molecule has 3 nitrogen and oxygen atoms in total. The Morgan fingerprint density at radius 2 is 2.06 bits per heavy atom. The Balaban J connectivity index is 2.86. The number of halogens is 4. The summed E-state index contributed by atoms with van der Waals surface area (Å²) in [5.41, 5.74) is 0.372. The van der Waals surface area contributed by atoms with Crippen molar-refractivity contribution < 1.29 is 27.4 Å². The lowest BCUT2D eigenvalue weighted by Gasteiger charge is -2.09. The molecule has 0 N–H and O–H groups in total. The Labute approximate surface area is 106 Å². The number of carbonyl (C=O) groups excluding carboxylic acids is 1. The van der Waals surface area contributed by atoms with Crippen LogP contribution in [-0.2, 0) is 9.53 Å². The number of alkyl halides is 3. The number of rotatable bonds is 3. The lowest BCUT2D eigenvalue weighted by molar-refractivity contribution is -0.274. The number of esters is 1. The van der Waals surface area contributed by atoms with Gasteiger partial charge in [0, 0.05) is 6.08 Å². The topological polar surface area (TPSA) is 35.5 Å². The van der Waals surface area contributed by atoms with Gasteiger partial charge in [-0.1, -0.05) is 11.6 Å². The highest BCUT2D eigenvalue weighted by Gasteiger charge is 2.31. The van der Waals surface area contributed by atoms with Crippen LogP contribution in [0.15, 0.2) is 24.3 Å². The van der Waals surface area contributed by atoms with E-state index in [2.05, 4.69) is 9.47 Å². The van der Waals surface area contributed by atoms with Gasteiger partial charge in [-0.15, -0.1) is 13.2 Å². The maximum Gasteiger partial charge on any atom is 0.573 e. The SMILES string of the molecule is COC(=O)C=Cc1ccc(OC(F)(F)F)cc1Cl. The summed E-state index contributed by atoms with van der Waals surface area (Å²) in [7, 11) is 1.20. The molecule has 0 atom stereocenters. The van der Waals surface area contributed by atoms with Crippen LogP contribution in [0.1, 0.15) is 5.56 Å². The van der Waals surface area contributed by atoms with E-state index in [9.17, 15) is 18.0 Å². The Morgan fingerprint density at radius 1 is 1.39 bits per heavy atom. The van der Waals surface area contributed by atoms with Crippen LogP contribution in [-0.4, -0.2) is 19.4 Å². The van der Waals surface area contributed by atoms with E-state index in [-0.39, 0.29) is 5.02 Å². The molecule has 0 spiro atoms.